The second-order valence-electron chi connectivity index (χ2n) is 8.35. The van der Waals surface area contributed by atoms with E-state index in [-0.39, 0.29) is 0 Å². The molecule has 2 aromatic heterocycles. The summed E-state index contributed by atoms with van der Waals surface area (Å²) in [7, 11) is 2.20. The normalized spacial score (nSPS) is 16.3. The molecule has 0 spiro atoms. The minimum atomic E-state index is 0.318. The molecule has 150 valence electrons. The van der Waals surface area contributed by atoms with E-state index < -0.39 is 0 Å². The smallest absolute Gasteiger partial charge is 0.116 e. The lowest BCUT2D eigenvalue weighted by atomic mass is 10.0. The molecule has 1 fully saturated rings. The third kappa shape index (κ3) is 3.24. The molecule has 0 unspecified atom stereocenters. The van der Waals surface area contributed by atoms with Crippen LogP contribution in [-0.2, 0) is 6.54 Å². The number of likely N-dealkylation sites (N-methyl/N-ethyl adjacent to an activating group) is 1. The van der Waals surface area contributed by atoms with Gasteiger partial charge in [0.2, 0.25) is 0 Å². The van der Waals surface area contributed by atoms with Crippen molar-refractivity contribution in [2.24, 2.45) is 0 Å². The largest absolute Gasteiger partial charge is 0.508 e. The zero-order valence-electron chi connectivity index (χ0n) is 17.2. The SMILES string of the molecule is Cc1c2ccncc2cc2c3cc(O)ccc3n(CCCN3CCN(C)CC3)c12. The van der Waals surface area contributed by atoms with Gasteiger partial charge in [-0.2, -0.15) is 0 Å². The minimum Gasteiger partial charge on any atom is -0.508 e. The molecule has 0 bridgehead atoms. The first-order valence-corrected chi connectivity index (χ1v) is 10.5. The van der Waals surface area contributed by atoms with Gasteiger partial charge in [0.15, 0.2) is 0 Å². The number of phenols is 1. The lowest BCUT2D eigenvalue weighted by Crippen LogP contribution is -2.44. The Labute approximate surface area is 171 Å². The van der Waals surface area contributed by atoms with Gasteiger partial charge in [0.1, 0.15) is 5.75 Å². The number of nitrogens with zero attached hydrogens (tertiary/aromatic N) is 4. The summed E-state index contributed by atoms with van der Waals surface area (Å²) in [6.07, 6.45) is 4.92. The Morgan fingerprint density at radius 1 is 0.966 bits per heavy atom. The van der Waals surface area contributed by atoms with Crippen molar-refractivity contribution in [1.29, 1.82) is 0 Å². The number of pyridine rings is 1. The van der Waals surface area contributed by atoms with Crippen molar-refractivity contribution in [1.82, 2.24) is 19.4 Å². The highest BCUT2D eigenvalue weighted by Crippen LogP contribution is 2.36. The molecular formula is C24H28N4O. The van der Waals surface area contributed by atoms with Crippen molar-refractivity contribution in [3.05, 3.63) is 48.3 Å². The lowest BCUT2D eigenvalue weighted by molar-refractivity contribution is 0.151. The zero-order chi connectivity index (χ0) is 20.0. The number of aromatic nitrogens is 2. The maximum absolute atomic E-state index is 10.1. The van der Waals surface area contributed by atoms with Crippen LogP contribution in [0, 0.1) is 6.92 Å². The molecule has 1 saturated heterocycles. The fourth-order valence-electron chi connectivity index (χ4n) is 4.82. The van der Waals surface area contributed by atoms with Crippen LogP contribution < -0.4 is 0 Å². The van der Waals surface area contributed by atoms with Crippen molar-refractivity contribution < 1.29 is 5.11 Å². The monoisotopic (exact) mass is 388 g/mol. The van der Waals surface area contributed by atoms with Crippen LogP contribution >= 0.6 is 0 Å². The second-order valence-corrected chi connectivity index (χ2v) is 8.35. The van der Waals surface area contributed by atoms with Crippen LogP contribution in [0.1, 0.15) is 12.0 Å². The van der Waals surface area contributed by atoms with Crippen LogP contribution in [-0.4, -0.2) is 64.2 Å². The number of hydrogen-bond acceptors (Lipinski definition) is 4. The van der Waals surface area contributed by atoms with E-state index in [1.165, 1.54) is 27.4 Å². The number of rotatable bonds is 4. The first-order valence-electron chi connectivity index (χ1n) is 10.5. The third-order valence-corrected chi connectivity index (χ3v) is 6.45. The van der Waals surface area contributed by atoms with Gasteiger partial charge in [0.05, 0.1) is 5.52 Å². The molecule has 5 heteroatoms. The Bertz CT molecular complexity index is 1190. The first kappa shape index (κ1) is 18.4. The molecule has 1 aliphatic rings. The summed E-state index contributed by atoms with van der Waals surface area (Å²) < 4.78 is 2.45. The van der Waals surface area contributed by atoms with Gasteiger partial charge in [-0.15, -0.1) is 0 Å². The summed E-state index contributed by atoms with van der Waals surface area (Å²) in [5.41, 5.74) is 3.76. The van der Waals surface area contributed by atoms with E-state index in [2.05, 4.69) is 51.5 Å². The summed E-state index contributed by atoms with van der Waals surface area (Å²) in [5, 5.41) is 14.8. The van der Waals surface area contributed by atoms with Gasteiger partial charge in [0.25, 0.3) is 0 Å². The lowest BCUT2D eigenvalue weighted by Gasteiger charge is -2.32. The van der Waals surface area contributed by atoms with Crippen LogP contribution in [0.3, 0.4) is 0 Å². The molecule has 29 heavy (non-hydrogen) atoms. The Balaban J connectivity index is 1.56. The summed E-state index contributed by atoms with van der Waals surface area (Å²) >= 11 is 0. The van der Waals surface area contributed by atoms with Crippen molar-refractivity contribution >= 4 is 32.6 Å². The van der Waals surface area contributed by atoms with Crippen molar-refractivity contribution in [2.75, 3.05) is 39.8 Å². The molecule has 0 amide bonds. The Hall–Kier alpha value is -2.63. The van der Waals surface area contributed by atoms with Gasteiger partial charge < -0.3 is 19.5 Å². The first-order chi connectivity index (χ1) is 14.1. The average molecular weight is 389 g/mol. The molecule has 0 aliphatic carbocycles. The Kier molecular flexibility index (Phi) is 4.64. The maximum atomic E-state index is 10.1. The van der Waals surface area contributed by atoms with E-state index in [4.69, 9.17) is 0 Å². The van der Waals surface area contributed by atoms with Gasteiger partial charge in [-0.1, -0.05) is 0 Å². The number of fused-ring (bicyclic) bond motifs is 4. The molecule has 4 aromatic rings. The van der Waals surface area contributed by atoms with Crippen LogP contribution in [0.4, 0.5) is 0 Å². The molecule has 5 rings (SSSR count). The molecule has 1 aliphatic heterocycles. The van der Waals surface area contributed by atoms with Gasteiger partial charge in [-0.3, -0.25) is 4.98 Å². The van der Waals surface area contributed by atoms with E-state index in [0.717, 1.165) is 56.5 Å². The number of phenolic OH excluding ortho intramolecular Hbond substituents is 1. The van der Waals surface area contributed by atoms with Gasteiger partial charge >= 0.3 is 0 Å². The summed E-state index contributed by atoms with van der Waals surface area (Å²) in [6, 6.07) is 10.1. The van der Waals surface area contributed by atoms with E-state index in [0.29, 0.717) is 5.75 Å². The number of aromatic hydroxyl groups is 1. The van der Waals surface area contributed by atoms with Crippen molar-refractivity contribution in [2.45, 2.75) is 19.9 Å². The van der Waals surface area contributed by atoms with Crippen LogP contribution in [0.5, 0.6) is 5.75 Å². The molecule has 0 radical (unpaired) electrons. The quantitative estimate of drug-likeness (QED) is 0.574. The van der Waals surface area contributed by atoms with Crippen molar-refractivity contribution in [3.8, 4) is 5.75 Å². The number of piperazine rings is 1. The summed E-state index contributed by atoms with van der Waals surface area (Å²) in [5.74, 6) is 0.318. The molecule has 2 aromatic carbocycles. The van der Waals surface area contributed by atoms with Crippen LogP contribution in [0.15, 0.2) is 42.7 Å². The predicted molar refractivity (Wildman–Crippen MR) is 120 cm³/mol. The van der Waals surface area contributed by atoms with E-state index >= 15 is 0 Å². The standard InChI is InChI=1S/C24H28N4O/c1-17-20-6-7-25-16-18(20)14-22-21-15-19(29)4-5-23(21)28(24(17)22)9-3-8-27-12-10-26(2)11-13-27/h4-7,14-16,29H,3,8-13H2,1-2H3. The topological polar surface area (TPSA) is 44.5 Å². The average Bonchev–Trinajstić information content (AvgIpc) is 3.03. The van der Waals surface area contributed by atoms with Gasteiger partial charge in [-0.25, -0.2) is 0 Å². The summed E-state index contributed by atoms with van der Waals surface area (Å²) in [4.78, 5) is 9.29. The Morgan fingerprint density at radius 2 is 1.79 bits per heavy atom. The molecular weight excluding hydrogens is 360 g/mol. The number of aryl methyl sites for hydroxylation is 2. The van der Waals surface area contributed by atoms with E-state index in [1.807, 2.05) is 18.5 Å². The van der Waals surface area contributed by atoms with Gasteiger partial charge in [0, 0.05) is 66.8 Å². The number of benzene rings is 2. The fraction of sp³-hybridized carbons (Fsp3) is 0.375. The zero-order valence-corrected chi connectivity index (χ0v) is 17.2. The number of hydrogen-bond donors (Lipinski definition) is 1. The van der Waals surface area contributed by atoms with Gasteiger partial charge in [-0.05, 0) is 68.2 Å². The molecule has 0 atom stereocenters. The minimum absolute atomic E-state index is 0.318. The highest BCUT2D eigenvalue weighted by molar-refractivity contribution is 6.14. The highest BCUT2D eigenvalue weighted by Gasteiger charge is 2.17. The summed E-state index contributed by atoms with van der Waals surface area (Å²) in [6.45, 7) is 8.96. The maximum Gasteiger partial charge on any atom is 0.116 e. The van der Waals surface area contributed by atoms with E-state index in [1.54, 1.807) is 6.07 Å². The highest BCUT2D eigenvalue weighted by atomic mass is 16.3. The molecule has 1 N–H and O–H groups in total. The molecule has 3 heterocycles. The van der Waals surface area contributed by atoms with Crippen molar-refractivity contribution in [3.63, 3.8) is 0 Å². The second kappa shape index (κ2) is 7.32. The van der Waals surface area contributed by atoms with Crippen LogP contribution in [0.2, 0.25) is 0 Å². The van der Waals surface area contributed by atoms with Crippen LogP contribution in [0.25, 0.3) is 32.6 Å². The van der Waals surface area contributed by atoms with E-state index in [9.17, 15) is 5.11 Å². The Morgan fingerprint density at radius 3 is 2.62 bits per heavy atom. The third-order valence-electron chi connectivity index (χ3n) is 6.45. The fourth-order valence-corrected chi connectivity index (χ4v) is 4.82. The predicted octanol–water partition coefficient (Wildman–Crippen LogP) is 3.99. The molecule has 0 saturated carbocycles. The molecule has 5 nitrogen and oxygen atoms in total.